The van der Waals surface area contributed by atoms with Crippen LogP contribution in [0.15, 0.2) is 48.5 Å². The molecule has 1 heterocycles. The molecule has 1 amide bonds. The highest BCUT2D eigenvalue weighted by atomic mass is 35.5. The maximum absolute atomic E-state index is 12.1. The molecule has 1 aliphatic rings. The molecule has 0 unspecified atom stereocenters. The van der Waals surface area contributed by atoms with Gasteiger partial charge in [0.1, 0.15) is 0 Å². The first-order chi connectivity index (χ1) is 12.2. The van der Waals surface area contributed by atoms with E-state index in [1.165, 1.54) is 0 Å². The lowest BCUT2D eigenvalue weighted by molar-refractivity contribution is -0.119. The predicted octanol–water partition coefficient (Wildman–Crippen LogP) is 2.90. The smallest absolute Gasteiger partial charge is 0.239 e. The summed E-state index contributed by atoms with van der Waals surface area (Å²) in [5, 5.41) is 6.84. The second kappa shape index (κ2) is 8.74. The SMILES string of the molecule is O=C(CNc1ccccc1N1CCOCC1)NCc1ccc(Cl)cc1. The molecule has 25 heavy (non-hydrogen) atoms. The van der Waals surface area contributed by atoms with Gasteiger partial charge in [0.05, 0.1) is 31.1 Å². The molecule has 0 aromatic heterocycles. The number of anilines is 2. The number of para-hydroxylation sites is 2. The van der Waals surface area contributed by atoms with Gasteiger partial charge in [-0.3, -0.25) is 4.79 Å². The van der Waals surface area contributed by atoms with Crippen molar-refractivity contribution >= 4 is 28.9 Å². The molecule has 0 aliphatic carbocycles. The molecule has 1 fully saturated rings. The van der Waals surface area contributed by atoms with Gasteiger partial charge in [-0.2, -0.15) is 0 Å². The zero-order valence-corrected chi connectivity index (χ0v) is 14.8. The molecular weight excluding hydrogens is 338 g/mol. The second-order valence-electron chi connectivity index (χ2n) is 5.87. The molecule has 0 bridgehead atoms. The van der Waals surface area contributed by atoms with E-state index in [0.29, 0.717) is 11.6 Å². The molecule has 6 heteroatoms. The van der Waals surface area contributed by atoms with Gasteiger partial charge in [-0.25, -0.2) is 0 Å². The van der Waals surface area contributed by atoms with Crippen molar-refractivity contribution in [3.05, 3.63) is 59.1 Å². The fraction of sp³-hybridized carbons (Fsp3) is 0.316. The number of halogens is 1. The Balaban J connectivity index is 1.52. The van der Waals surface area contributed by atoms with Crippen LogP contribution in [0.1, 0.15) is 5.56 Å². The molecule has 5 nitrogen and oxygen atoms in total. The highest BCUT2D eigenvalue weighted by Crippen LogP contribution is 2.26. The van der Waals surface area contributed by atoms with Gasteiger partial charge in [0.15, 0.2) is 0 Å². The Morgan fingerprint density at radius 3 is 2.56 bits per heavy atom. The monoisotopic (exact) mass is 359 g/mol. The summed E-state index contributed by atoms with van der Waals surface area (Å²) < 4.78 is 5.41. The highest BCUT2D eigenvalue weighted by molar-refractivity contribution is 6.30. The molecule has 132 valence electrons. The molecule has 0 atom stereocenters. The van der Waals surface area contributed by atoms with E-state index in [2.05, 4.69) is 21.6 Å². The fourth-order valence-electron chi connectivity index (χ4n) is 2.74. The van der Waals surface area contributed by atoms with Crippen molar-refractivity contribution in [3.63, 3.8) is 0 Å². The first kappa shape index (κ1) is 17.6. The number of nitrogens with zero attached hydrogens (tertiary/aromatic N) is 1. The summed E-state index contributed by atoms with van der Waals surface area (Å²) in [5.74, 6) is -0.0493. The average Bonchev–Trinajstić information content (AvgIpc) is 2.67. The molecule has 2 aromatic rings. The van der Waals surface area contributed by atoms with Crippen molar-refractivity contribution in [2.75, 3.05) is 43.1 Å². The van der Waals surface area contributed by atoms with Gasteiger partial charge in [0.25, 0.3) is 0 Å². The minimum Gasteiger partial charge on any atom is -0.378 e. The highest BCUT2D eigenvalue weighted by Gasteiger charge is 2.14. The topological polar surface area (TPSA) is 53.6 Å². The summed E-state index contributed by atoms with van der Waals surface area (Å²) in [6.07, 6.45) is 0. The molecule has 0 saturated carbocycles. The Labute approximate surface area is 152 Å². The van der Waals surface area contributed by atoms with E-state index in [0.717, 1.165) is 43.2 Å². The number of hydrogen-bond donors (Lipinski definition) is 2. The first-order valence-electron chi connectivity index (χ1n) is 8.39. The summed E-state index contributed by atoms with van der Waals surface area (Å²) in [7, 11) is 0. The summed E-state index contributed by atoms with van der Waals surface area (Å²) in [4.78, 5) is 14.4. The number of morpholine rings is 1. The standard InChI is InChI=1S/C19H22ClN3O2/c20-16-7-5-15(6-8-16)13-22-19(24)14-21-17-3-1-2-4-18(17)23-9-11-25-12-10-23/h1-8,21H,9-14H2,(H,22,24). The van der Waals surface area contributed by atoms with Crippen LogP contribution < -0.4 is 15.5 Å². The summed E-state index contributed by atoms with van der Waals surface area (Å²) in [5.41, 5.74) is 3.09. The van der Waals surface area contributed by atoms with Gasteiger partial charge in [-0.05, 0) is 29.8 Å². The number of rotatable bonds is 6. The molecule has 0 radical (unpaired) electrons. The molecule has 1 aliphatic heterocycles. The third kappa shape index (κ3) is 5.11. The van der Waals surface area contributed by atoms with Crippen LogP contribution in [0.25, 0.3) is 0 Å². The average molecular weight is 360 g/mol. The Morgan fingerprint density at radius 2 is 1.80 bits per heavy atom. The van der Waals surface area contributed by atoms with Crippen molar-refractivity contribution < 1.29 is 9.53 Å². The van der Waals surface area contributed by atoms with E-state index in [4.69, 9.17) is 16.3 Å². The van der Waals surface area contributed by atoms with E-state index >= 15 is 0 Å². The van der Waals surface area contributed by atoms with Crippen LogP contribution >= 0.6 is 11.6 Å². The number of amides is 1. The molecular formula is C19H22ClN3O2. The van der Waals surface area contributed by atoms with Gasteiger partial charge in [0, 0.05) is 24.7 Å². The third-order valence-corrected chi connectivity index (χ3v) is 4.35. The lowest BCUT2D eigenvalue weighted by atomic mass is 10.2. The zero-order valence-electron chi connectivity index (χ0n) is 14.0. The number of carbonyl (C=O) groups excluding carboxylic acids is 1. The third-order valence-electron chi connectivity index (χ3n) is 4.10. The van der Waals surface area contributed by atoms with Gasteiger partial charge >= 0.3 is 0 Å². The van der Waals surface area contributed by atoms with Crippen LogP contribution in [0.2, 0.25) is 5.02 Å². The van der Waals surface area contributed by atoms with Crippen molar-refractivity contribution in [1.82, 2.24) is 5.32 Å². The lowest BCUT2D eigenvalue weighted by Gasteiger charge is -2.30. The van der Waals surface area contributed by atoms with E-state index in [-0.39, 0.29) is 12.5 Å². The number of hydrogen-bond acceptors (Lipinski definition) is 4. The number of carbonyl (C=O) groups is 1. The van der Waals surface area contributed by atoms with Gasteiger partial charge in [-0.15, -0.1) is 0 Å². The Hall–Kier alpha value is -2.24. The van der Waals surface area contributed by atoms with E-state index in [1.54, 1.807) is 0 Å². The Kier molecular flexibility index (Phi) is 6.14. The van der Waals surface area contributed by atoms with E-state index in [1.807, 2.05) is 42.5 Å². The maximum atomic E-state index is 12.1. The molecule has 0 spiro atoms. The van der Waals surface area contributed by atoms with Crippen LogP contribution in [0.3, 0.4) is 0 Å². The summed E-state index contributed by atoms with van der Waals surface area (Å²) in [6.45, 7) is 3.91. The number of benzene rings is 2. The van der Waals surface area contributed by atoms with Crippen LogP contribution in [0.5, 0.6) is 0 Å². The van der Waals surface area contributed by atoms with Crippen LogP contribution in [-0.4, -0.2) is 38.8 Å². The fourth-order valence-corrected chi connectivity index (χ4v) is 2.87. The van der Waals surface area contributed by atoms with Gasteiger partial charge < -0.3 is 20.3 Å². The van der Waals surface area contributed by atoms with Crippen LogP contribution in [0.4, 0.5) is 11.4 Å². The molecule has 2 N–H and O–H groups in total. The number of ether oxygens (including phenoxy) is 1. The van der Waals surface area contributed by atoms with Crippen molar-refractivity contribution in [2.24, 2.45) is 0 Å². The molecule has 1 saturated heterocycles. The predicted molar refractivity (Wildman–Crippen MR) is 101 cm³/mol. The summed E-state index contributed by atoms with van der Waals surface area (Å²) >= 11 is 5.86. The van der Waals surface area contributed by atoms with Gasteiger partial charge in [0.2, 0.25) is 5.91 Å². The van der Waals surface area contributed by atoms with Crippen LogP contribution in [-0.2, 0) is 16.1 Å². The van der Waals surface area contributed by atoms with Crippen molar-refractivity contribution in [1.29, 1.82) is 0 Å². The summed E-state index contributed by atoms with van der Waals surface area (Å²) in [6, 6.07) is 15.5. The van der Waals surface area contributed by atoms with Gasteiger partial charge in [-0.1, -0.05) is 35.9 Å². The minimum atomic E-state index is -0.0493. The normalized spacial score (nSPS) is 14.2. The quantitative estimate of drug-likeness (QED) is 0.832. The number of nitrogens with one attached hydrogen (secondary N) is 2. The minimum absolute atomic E-state index is 0.0493. The molecule has 3 rings (SSSR count). The lowest BCUT2D eigenvalue weighted by Crippen LogP contribution is -2.37. The second-order valence-corrected chi connectivity index (χ2v) is 6.31. The largest absolute Gasteiger partial charge is 0.378 e. The molecule has 2 aromatic carbocycles. The van der Waals surface area contributed by atoms with Crippen molar-refractivity contribution in [2.45, 2.75) is 6.54 Å². The Morgan fingerprint density at radius 1 is 1.08 bits per heavy atom. The first-order valence-corrected chi connectivity index (χ1v) is 8.77. The zero-order chi connectivity index (χ0) is 17.5. The van der Waals surface area contributed by atoms with E-state index < -0.39 is 0 Å². The van der Waals surface area contributed by atoms with Crippen molar-refractivity contribution in [3.8, 4) is 0 Å². The van der Waals surface area contributed by atoms with Crippen LogP contribution in [0, 0.1) is 0 Å². The maximum Gasteiger partial charge on any atom is 0.239 e. The van der Waals surface area contributed by atoms with E-state index in [9.17, 15) is 4.79 Å². The Bertz CT molecular complexity index is 700.